The highest BCUT2D eigenvalue weighted by Gasteiger charge is 2.16. The van der Waals surface area contributed by atoms with Crippen molar-refractivity contribution in [3.63, 3.8) is 0 Å². The number of nitrogens with one attached hydrogen (secondary N) is 1. The predicted molar refractivity (Wildman–Crippen MR) is 83.7 cm³/mol. The van der Waals surface area contributed by atoms with Crippen LogP contribution in [0.25, 0.3) is 0 Å². The summed E-state index contributed by atoms with van der Waals surface area (Å²) in [5.41, 5.74) is 3.42. The second kappa shape index (κ2) is 7.36. The van der Waals surface area contributed by atoms with Crippen molar-refractivity contribution in [1.82, 2.24) is 15.1 Å². The third kappa shape index (κ3) is 4.14. The van der Waals surface area contributed by atoms with Gasteiger partial charge in [-0.15, -0.1) is 0 Å². The van der Waals surface area contributed by atoms with Crippen LogP contribution in [0.3, 0.4) is 0 Å². The number of hydrogen-bond donors (Lipinski definition) is 1. The first-order valence-corrected chi connectivity index (χ1v) is 7.64. The first-order chi connectivity index (χ1) is 10.1. The van der Waals surface area contributed by atoms with E-state index in [-0.39, 0.29) is 11.9 Å². The van der Waals surface area contributed by atoms with E-state index in [2.05, 4.69) is 30.3 Å². The van der Waals surface area contributed by atoms with Gasteiger partial charge in [0.25, 0.3) is 0 Å². The van der Waals surface area contributed by atoms with Crippen LogP contribution in [0.2, 0.25) is 0 Å². The molecule has 0 radical (unpaired) electrons. The summed E-state index contributed by atoms with van der Waals surface area (Å²) in [7, 11) is 1.99. The Kier molecular flexibility index (Phi) is 5.51. The quantitative estimate of drug-likeness (QED) is 0.846. The number of halogens is 1. The van der Waals surface area contributed by atoms with Gasteiger partial charge in [0.1, 0.15) is 5.82 Å². The zero-order valence-electron chi connectivity index (χ0n) is 13.1. The lowest BCUT2D eigenvalue weighted by atomic mass is 10.0. The zero-order chi connectivity index (χ0) is 15.2. The first kappa shape index (κ1) is 15.7. The van der Waals surface area contributed by atoms with Gasteiger partial charge in [-0.2, -0.15) is 5.10 Å². The zero-order valence-corrected chi connectivity index (χ0v) is 13.1. The fraction of sp³-hybridized carbons (Fsp3) is 0.471. The van der Waals surface area contributed by atoms with E-state index < -0.39 is 0 Å². The second-order valence-electron chi connectivity index (χ2n) is 5.38. The highest BCUT2D eigenvalue weighted by molar-refractivity contribution is 5.21. The number of benzene rings is 1. The topological polar surface area (TPSA) is 29.9 Å². The monoisotopic (exact) mass is 289 g/mol. The Bertz CT molecular complexity index is 560. The van der Waals surface area contributed by atoms with Crippen molar-refractivity contribution in [2.75, 3.05) is 6.54 Å². The number of aromatic nitrogens is 2. The molecule has 0 spiro atoms. The molecule has 0 aliphatic heterocycles. The number of nitrogens with zero attached hydrogens (tertiary/aromatic N) is 2. The normalized spacial score (nSPS) is 12.6. The highest BCUT2D eigenvalue weighted by atomic mass is 19.1. The predicted octanol–water partition coefficient (Wildman–Crippen LogP) is 3.41. The van der Waals surface area contributed by atoms with Crippen LogP contribution in [-0.4, -0.2) is 16.3 Å². The molecule has 1 aromatic carbocycles. The Labute approximate surface area is 126 Å². The Hall–Kier alpha value is -1.68. The number of rotatable bonds is 7. The molecule has 0 fully saturated rings. The second-order valence-corrected chi connectivity index (χ2v) is 5.38. The number of aryl methyl sites for hydroxylation is 2. The molecule has 0 saturated heterocycles. The van der Waals surface area contributed by atoms with Crippen LogP contribution < -0.4 is 5.32 Å². The van der Waals surface area contributed by atoms with Crippen LogP contribution in [-0.2, 0) is 19.9 Å². The Morgan fingerprint density at radius 3 is 2.52 bits per heavy atom. The molecule has 1 heterocycles. The van der Waals surface area contributed by atoms with Gasteiger partial charge in [0.15, 0.2) is 0 Å². The fourth-order valence-corrected chi connectivity index (χ4v) is 2.50. The molecule has 0 aliphatic carbocycles. The van der Waals surface area contributed by atoms with Gasteiger partial charge in [-0.3, -0.25) is 4.68 Å². The summed E-state index contributed by atoms with van der Waals surface area (Å²) >= 11 is 0. The van der Waals surface area contributed by atoms with E-state index >= 15 is 0 Å². The molecule has 114 valence electrons. The van der Waals surface area contributed by atoms with Gasteiger partial charge in [-0.1, -0.05) is 26.0 Å². The lowest BCUT2D eigenvalue weighted by Gasteiger charge is -2.19. The third-order valence-electron chi connectivity index (χ3n) is 3.68. The van der Waals surface area contributed by atoms with Gasteiger partial charge in [0.2, 0.25) is 0 Å². The molecule has 2 aromatic rings. The molecule has 0 amide bonds. The molecule has 1 unspecified atom stereocenters. The molecule has 1 atom stereocenters. The summed E-state index contributed by atoms with van der Waals surface area (Å²) in [5.74, 6) is -0.189. The Balaban J connectivity index is 2.20. The van der Waals surface area contributed by atoms with E-state index in [1.165, 1.54) is 17.8 Å². The molecule has 3 nitrogen and oxygen atoms in total. The van der Waals surface area contributed by atoms with Crippen LogP contribution in [0.15, 0.2) is 30.3 Å². The SMILES string of the molecule is CCCNC(Cc1ccc(F)cc1)c1cc(CC)nn1C. The summed E-state index contributed by atoms with van der Waals surface area (Å²) in [4.78, 5) is 0. The van der Waals surface area contributed by atoms with Crippen LogP contribution in [0.1, 0.15) is 43.3 Å². The van der Waals surface area contributed by atoms with E-state index in [0.29, 0.717) is 0 Å². The van der Waals surface area contributed by atoms with Crippen LogP contribution in [0, 0.1) is 5.82 Å². The largest absolute Gasteiger partial charge is 0.308 e. The molecule has 0 aliphatic rings. The van der Waals surface area contributed by atoms with Crippen molar-refractivity contribution < 1.29 is 4.39 Å². The molecule has 0 saturated carbocycles. The van der Waals surface area contributed by atoms with Crippen LogP contribution in [0.4, 0.5) is 4.39 Å². The molecule has 1 N–H and O–H groups in total. The fourth-order valence-electron chi connectivity index (χ4n) is 2.50. The highest BCUT2D eigenvalue weighted by Crippen LogP contribution is 2.20. The molecule has 21 heavy (non-hydrogen) atoms. The summed E-state index contributed by atoms with van der Waals surface area (Å²) in [6.07, 6.45) is 2.85. The average molecular weight is 289 g/mol. The standard InChI is InChI=1S/C17H24FN3/c1-4-10-19-16(11-13-6-8-14(18)9-7-13)17-12-15(5-2)20-21(17)3/h6-9,12,16,19H,4-5,10-11H2,1-3H3. The van der Waals surface area contributed by atoms with E-state index in [4.69, 9.17) is 0 Å². The lowest BCUT2D eigenvalue weighted by Crippen LogP contribution is -2.26. The lowest BCUT2D eigenvalue weighted by molar-refractivity contribution is 0.492. The van der Waals surface area contributed by atoms with Crippen LogP contribution in [0.5, 0.6) is 0 Å². The molecule has 1 aromatic heterocycles. The maximum Gasteiger partial charge on any atom is 0.123 e. The van der Waals surface area contributed by atoms with Crippen molar-refractivity contribution >= 4 is 0 Å². The Morgan fingerprint density at radius 2 is 1.95 bits per heavy atom. The molecule has 4 heteroatoms. The van der Waals surface area contributed by atoms with Crippen molar-refractivity contribution in [3.05, 3.63) is 53.1 Å². The number of hydrogen-bond acceptors (Lipinski definition) is 2. The van der Waals surface area contributed by atoms with Gasteiger partial charge in [-0.25, -0.2) is 4.39 Å². The van der Waals surface area contributed by atoms with E-state index in [1.54, 1.807) is 0 Å². The summed E-state index contributed by atoms with van der Waals surface area (Å²) in [6, 6.07) is 9.12. The minimum atomic E-state index is -0.189. The maximum absolute atomic E-state index is 13.0. The van der Waals surface area contributed by atoms with Gasteiger partial charge in [-0.05, 0) is 49.6 Å². The van der Waals surface area contributed by atoms with Gasteiger partial charge < -0.3 is 5.32 Å². The minimum Gasteiger partial charge on any atom is -0.308 e. The van der Waals surface area contributed by atoms with Crippen molar-refractivity contribution in [1.29, 1.82) is 0 Å². The maximum atomic E-state index is 13.0. The molecular formula is C17H24FN3. The third-order valence-corrected chi connectivity index (χ3v) is 3.68. The summed E-state index contributed by atoms with van der Waals surface area (Å²) < 4.78 is 15.0. The minimum absolute atomic E-state index is 0.189. The van der Waals surface area contributed by atoms with Gasteiger partial charge in [0, 0.05) is 7.05 Å². The van der Waals surface area contributed by atoms with Crippen molar-refractivity contribution in [3.8, 4) is 0 Å². The van der Waals surface area contributed by atoms with E-state index in [9.17, 15) is 4.39 Å². The average Bonchev–Trinajstić information content (AvgIpc) is 2.86. The molecule has 0 bridgehead atoms. The van der Waals surface area contributed by atoms with Crippen molar-refractivity contribution in [2.45, 2.75) is 39.2 Å². The summed E-state index contributed by atoms with van der Waals surface area (Å²) in [5, 5.41) is 8.10. The molecule has 2 rings (SSSR count). The van der Waals surface area contributed by atoms with Gasteiger partial charge in [0.05, 0.1) is 17.4 Å². The smallest absolute Gasteiger partial charge is 0.123 e. The van der Waals surface area contributed by atoms with Gasteiger partial charge >= 0.3 is 0 Å². The van der Waals surface area contributed by atoms with E-state index in [1.807, 2.05) is 23.9 Å². The van der Waals surface area contributed by atoms with Crippen molar-refractivity contribution in [2.24, 2.45) is 7.05 Å². The van der Waals surface area contributed by atoms with Crippen LogP contribution >= 0.6 is 0 Å². The van der Waals surface area contributed by atoms with E-state index in [0.717, 1.165) is 37.1 Å². The first-order valence-electron chi connectivity index (χ1n) is 7.64. The Morgan fingerprint density at radius 1 is 1.24 bits per heavy atom. The summed E-state index contributed by atoms with van der Waals surface area (Å²) in [6.45, 7) is 5.22. The molecular weight excluding hydrogens is 265 g/mol.